The third-order valence-corrected chi connectivity index (χ3v) is 3.16. The van der Waals surface area contributed by atoms with Crippen LogP contribution in [-0.4, -0.2) is 33.3 Å². The summed E-state index contributed by atoms with van der Waals surface area (Å²) in [6, 6.07) is 14.3. The van der Waals surface area contributed by atoms with Crippen LogP contribution in [0, 0.1) is 11.8 Å². The smallest absolute Gasteiger partial charge is 0.252 e. The molecule has 0 unspecified atom stereocenters. The molecule has 1 N–H and O–H groups in total. The van der Waals surface area contributed by atoms with E-state index in [1.165, 1.54) is 0 Å². The molecule has 0 aliphatic carbocycles. The number of carbonyl (C=O) groups excluding carboxylic acids is 1. The molecule has 0 saturated heterocycles. The maximum absolute atomic E-state index is 12.0. The number of para-hydroxylation sites is 2. The van der Waals surface area contributed by atoms with Crippen LogP contribution in [0.5, 0.6) is 17.2 Å². The average Bonchev–Trinajstić information content (AvgIpc) is 2.64. The SMILES string of the molecule is COc1cccc(C(=O)NCC#CCOc2ccccc2OC)c1. The van der Waals surface area contributed by atoms with Gasteiger partial charge >= 0.3 is 0 Å². The first-order chi connectivity index (χ1) is 11.7. The molecule has 5 nitrogen and oxygen atoms in total. The Kier molecular flexibility index (Phi) is 6.54. The number of benzene rings is 2. The molecular formula is C19H19NO4. The Balaban J connectivity index is 1.78. The molecule has 2 aromatic rings. The summed E-state index contributed by atoms with van der Waals surface area (Å²) in [6.07, 6.45) is 0. The highest BCUT2D eigenvalue weighted by Crippen LogP contribution is 2.25. The van der Waals surface area contributed by atoms with Gasteiger partial charge in [0.2, 0.25) is 0 Å². The number of rotatable bonds is 6. The van der Waals surface area contributed by atoms with E-state index in [0.717, 1.165) is 0 Å². The van der Waals surface area contributed by atoms with Crippen LogP contribution in [0.15, 0.2) is 48.5 Å². The molecule has 0 aliphatic heterocycles. The second-order valence-electron chi connectivity index (χ2n) is 4.71. The number of carbonyl (C=O) groups is 1. The minimum Gasteiger partial charge on any atom is -0.497 e. The summed E-state index contributed by atoms with van der Waals surface area (Å²) in [5, 5.41) is 2.72. The Morgan fingerprint density at radius 1 is 1.00 bits per heavy atom. The minimum atomic E-state index is -0.200. The van der Waals surface area contributed by atoms with Crippen LogP contribution < -0.4 is 19.5 Å². The fourth-order valence-electron chi connectivity index (χ4n) is 1.96. The third kappa shape index (κ3) is 4.96. The van der Waals surface area contributed by atoms with Crippen LogP contribution in [0.1, 0.15) is 10.4 Å². The molecule has 0 fully saturated rings. The van der Waals surface area contributed by atoms with Gasteiger partial charge in [0.1, 0.15) is 12.4 Å². The Labute approximate surface area is 141 Å². The quantitative estimate of drug-likeness (QED) is 0.829. The fourth-order valence-corrected chi connectivity index (χ4v) is 1.96. The first-order valence-electron chi connectivity index (χ1n) is 7.38. The van der Waals surface area contributed by atoms with Crippen molar-refractivity contribution in [3.05, 3.63) is 54.1 Å². The van der Waals surface area contributed by atoms with Crippen molar-refractivity contribution in [3.63, 3.8) is 0 Å². The standard InChI is InChI=1S/C19H19NO4/c1-22-16-9-7-8-15(14-16)19(21)20-12-5-6-13-24-18-11-4-3-10-17(18)23-2/h3-4,7-11,14H,12-13H2,1-2H3,(H,20,21). The van der Waals surface area contributed by atoms with Crippen LogP contribution in [0.25, 0.3) is 0 Å². The van der Waals surface area contributed by atoms with E-state index in [9.17, 15) is 4.79 Å². The van der Waals surface area contributed by atoms with Gasteiger partial charge in [0.15, 0.2) is 11.5 Å². The second kappa shape index (κ2) is 9.11. The van der Waals surface area contributed by atoms with Crippen molar-refractivity contribution >= 4 is 5.91 Å². The molecule has 0 atom stereocenters. The topological polar surface area (TPSA) is 56.8 Å². The summed E-state index contributed by atoms with van der Waals surface area (Å²) in [7, 11) is 3.15. The zero-order valence-electron chi connectivity index (χ0n) is 13.7. The van der Waals surface area contributed by atoms with Gasteiger partial charge in [-0.2, -0.15) is 0 Å². The van der Waals surface area contributed by atoms with Gasteiger partial charge in [0.05, 0.1) is 20.8 Å². The summed E-state index contributed by atoms with van der Waals surface area (Å²) >= 11 is 0. The molecule has 0 spiro atoms. The molecule has 0 radical (unpaired) electrons. The van der Waals surface area contributed by atoms with Crippen LogP contribution >= 0.6 is 0 Å². The molecule has 0 aromatic heterocycles. The largest absolute Gasteiger partial charge is 0.497 e. The summed E-state index contributed by atoms with van der Waals surface area (Å²) in [4.78, 5) is 12.0. The zero-order chi connectivity index (χ0) is 17.2. The predicted molar refractivity (Wildman–Crippen MR) is 91.6 cm³/mol. The molecule has 1 amide bonds. The molecular weight excluding hydrogens is 306 g/mol. The molecule has 0 bridgehead atoms. The number of hydrogen-bond donors (Lipinski definition) is 1. The van der Waals surface area contributed by atoms with E-state index < -0.39 is 0 Å². The Bertz CT molecular complexity index is 746. The third-order valence-electron chi connectivity index (χ3n) is 3.16. The van der Waals surface area contributed by atoms with E-state index in [-0.39, 0.29) is 19.1 Å². The Morgan fingerprint density at radius 3 is 2.54 bits per heavy atom. The van der Waals surface area contributed by atoms with Gasteiger partial charge in [-0.15, -0.1) is 0 Å². The van der Waals surface area contributed by atoms with E-state index in [1.807, 2.05) is 24.3 Å². The zero-order valence-corrected chi connectivity index (χ0v) is 13.7. The lowest BCUT2D eigenvalue weighted by molar-refractivity contribution is 0.0958. The van der Waals surface area contributed by atoms with Gasteiger partial charge in [-0.25, -0.2) is 0 Å². The highest BCUT2D eigenvalue weighted by Gasteiger charge is 2.04. The van der Waals surface area contributed by atoms with Crippen molar-refractivity contribution in [2.75, 3.05) is 27.4 Å². The summed E-state index contributed by atoms with van der Waals surface area (Å²) in [5.74, 6) is 7.42. The van der Waals surface area contributed by atoms with E-state index in [4.69, 9.17) is 14.2 Å². The van der Waals surface area contributed by atoms with Crippen LogP contribution in [0.2, 0.25) is 0 Å². The summed E-state index contributed by atoms with van der Waals surface area (Å²) in [6.45, 7) is 0.459. The van der Waals surface area contributed by atoms with Crippen LogP contribution in [-0.2, 0) is 0 Å². The highest BCUT2D eigenvalue weighted by molar-refractivity contribution is 5.94. The molecule has 5 heteroatoms. The Morgan fingerprint density at radius 2 is 1.79 bits per heavy atom. The molecule has 0 heterocycles. The average molecular weight is 325 g/mol. The lowest BCUT2D eigenvalue weighted by Gasteiger charge is -2.07. The van der Waals surface area contributed by atoms with E-state index >= 15 is 0 Å². The summed E-state index contributed by atoms with van der Waals surface area (Å²) in [5.41, 5.74) is 0.529. The van der Waals surface area contributed by atoms with Crippen LogP contribution in [0.3, 0.4) is 0 Å². The van der Waals surface area contributed by atoms with Crippen molar-refractivity contribution in [1.29, 1.82) is 0 Å². The summed E-state index contributed by atoms with van der Waals surface area (Å²) < 4.78 is 15.8. The lowest BCUT2D eigenvalue weighted by atomic mass is 10.2. The molecule has 0 aliphatic rings. The number of hydrogen-bond acceptors (Lipinski definition) is 4. The van der Waals surface area contributed by atoms with Crippen LogP contribution in [0.4, 0.5) is 0 Å². The first kappa shape index (κ1) is 17.2. The molecule has 0 saturated carbocycles. The Hall–Kier alpha value is -3.13. The monoisotopic (exact) mass is 325 g/mol. The van der Waals surface area contributed by atoms with Crippen molar-refractivity contribution in [1.82, 2.24) is 5.32 Å². The van der Waals surface area contributed by atoms with Crippen molar-refractivity contribution in [3.8, 4) is 29.1 Å². The highest BCUT2D eigenvalue weighted by atomic mass is 16.5. The van der Waals surface area contributed by atoms with Gasteiger partial charge in [-0.05, 0) is 30.3 Å². The molecule has 24 heavy (non-hydrogen) atoms. The molecule has 124 valence electrons. The number of methoxy groups -OCH3 is 2. The van der Waals surface area contributed by atoms with E-state index in [2.05, 4.69) is 17.2 Å². The van der Waals surface area contributed by atoms with Gasteiger partial charge in [0.25, 0.3) is 5.91 Å². The van der Waals surface area contributed by atoms with Gasteiger partial charge < -0.3 is 19.5 Å². The van der Waals surface area contributed by atoms with Crippen molar-refractivity contribution in [2.24, 2.45) is 0 Å². The maximum atomic E-state index is 12.0. The van der Waals surface area contributed by atoms with Gasteiger partial charge in [-0.3, -0.25) is 4.79 Å². The van der Waals surface area contributed by atoms with E-state index in [1.54, 1.807) is 38.5 Å². The minimum absolute atomic E-state index is 0.200. The maximum Gasteiger partial charge on any atom is 0.252 e. The second-order valence-corrected chi connectivity index (χ2v) is 4.71. The first-order valence-corrected chi connectivity index (χ1v) is 7.38. The van der Waals surface area contributed by atoms with Gasteiger partial charge in [-0.1, -0.05) is 30.0 Å². The predicted octanol–water partition coefficient (Wildman–Crippen LogP) is 2.52. The number of nitrogens with one attached hydrogen (secondary N) is 1. The van der Waals surface area contributed by atoms with E-state index in [0.29, 0.717) is 22.8 Å². The molecule has 2 aromatic carbocycles. The lowest BCUT2D eigenvalue weighted by Crippen LogP contribution is -2.23. The molecule has 2 rings (SSSR count). The fraction of sp³-hybridized carbons (Fsp3) is 0.211. The van der Waals surface area contributed by atoms with Gasteiger partial charge in [0, 0.05) is 5.56 Å². The number of ether oxygens (including phenoxy) is 3. The normalized spacial score (nSPS) is 9.42. The van der Waals surface area contributed by atoms with Crippen molar-refractivity contribution < 1.29 is 19.0 Å². The van der Waals surface area contributed by atoms with Crippen molar-refractivity contribution in [2.45, 2.75) is 0 Å². The number of amides is 1.